The molecular formula is C26H28F2N4O5. The number of amides is 2. The number of hydrogen-bond acceptors (Lipinski definition) is 6. The topological polar surface area (TPSA) is 94.9 Å². The van der Waals surface area contributed by atoms with Crippen molar-refractivity contribution in [2.75, 3.05) is 25.0 Å². The van der Waals surface area contributed by atoms with Crippen LogP contribution in [-0.2, 0) is 9.47 Å². The average molecular weight is 515 g/mol. The molecule has 2 amide bonds. The lowest BCUT2D eigenvalue weighted by Gasteiger charge is -2.34. The summed E-state index contributed by atoms with van der Waals surface area (Å²) in [7, 11) is 0. The summed E-state index contributed by atoms with van der Waals surface area (Å²) >= 11 is 0. The van der Waals surface area contributed by atoms with E-state index in [-0.39, 0.29) is 23.6 Å². The Balaban J connectivity index is 1.35. The third-order valence-electron chi connectivity index (χ3n) is 5.41. The van der Waals surface area contributed by atoms with E-state index in [1.807, 2.05) is 32.9 Å². The van der Waals surface area contributed by atoms with Crippen molar-refractivity contribution < 1.29 is 32.6 Å². The number of carbonyl (C=O) groups is 2. The highest BCUT2D eigenvalue weighted by molar-refractivity contribution is 6.02. The molecule has 196 valence electrons. The molecule has 1 aliphatic heterocycles. The highest BCUT2D eigenvalue weighted by Gasteiger charge is 2.29. The summed E-state index contributed by atoms with van der Waals surface area (Å²) in [6.45, 7) is 3.80. The van der Waals surface area contributed by atoms with E-state index in [9.17, 15) is 18.4 Å². The molecule has 1 saturated heterocycles. The maximum atomic E-state index is 12.7. The number of carbonyl (C=O) groups excluding carboxylic acids is 2. The predicted molar refractivity (Wildman–Crippen MR) is 131 cm³/mol. The van der Waals surface area contributed by atoms with Crippen LogP contribution in [0.3, 0.4) is 0 Å². The van der Waals surface area contributed by atoms with E-state index in [2.05, 4.69) is 15.2 Å². The maximum absolute atomic E-state index is 12.7. The number of morpholine rings is 1. The van der Waals surface area contributed by atoms with E-state index in [0.717, 1.165) is 5.56 Å². The van der Waals surface area contributed by atoms with Gasteiger partial charge in [-0.05, 0) is 68.8 Å². The quantitative estimate of drug-likeness (QED) is 0.496. The minimum Gasteiger partial charge on any atom is -0.444 e. The van der Waals surface area contributed by atoms with Gasteiger partial charge in [0.1, 0.15) is 17.5 Å². The first-order chi connectivity index (χ1) is 17.6. The molecule has 0 spiro atoms. The van der Waals surface area contributed by atoms with Crippen molar-refractivity contribution in [3.05, 3.63) is 72.1 Å². The van der Waals surface area contributed by atoms with Gasteiger partial charge >= 0.3 is 12.7 Å². The molecule has 2 heterocycles. The highest BCUT2D eigenvalue weighted by Crippen LogP contribution is 2.25. The summed E-state index contributed by atoms with van der Waals surface area (Å²) in [5, 5.41) is 7.05. The Bertz CT molecular complexity index is 1220. The zero-order valence-corrected chi connectivity index (χ0v) is 20.7. The third-order valence-corrected chi connectivity index (χ3v) is 5.41. The van der Waals surface area contributed by atoms with Gasteiger partial charge in [0.25, 0.3) is 5.91 Å². The zero-order chi connectivity index (χ0) is 26.6. The fourth-order valence-corrected chi connectivity index (χ4v) is 3.69. The average Bonchev–Trinajstić information content (AvgIpc) is 3.34. The van der Waals surface area contributed by atoms with Crippen LogP contribution in [0.4, 0.5) is 19.3 Å². The molecule has 4 rings (SSSR count). The first kappa shape index (κ1) is 26.1. The number of nitrogens with zero attached hydrogens (tertiary/aromatic N) is 3. The van der Waals surface area contributed by atoms with Gasteiger partial charge in [-0.25, -0.2) is 9.48 Å². The Morgan fingerprint density at radius 2 is 1.78 bits per heavy atom. The largest absolute Gasteiger partial charge is 0.444 e. The van der Waals surface area contributed by atoms with Gasteiger partial charge in [0.15, 0.2) is 5.69 Å². The number of aromatic nitrogens is 2. The molecule has 0 bridgehead atoms. The summed E-state index contributed by atoms with van der Waals surface area (Å²) in [6.07, 6.45) is 0.915. The second-order valence-corrected chi connectivity index (χ2v) is 9.38. The second-order valence-electron chi connectivity index (χ2n) is 9.38. The smallest absolute Gasteiger partial charge is 0.410 e. The van der Waals surface area contributed by atoms with Crippen LogP contribution in [-0.4, -0.2) is 58.6 Å². The summed E-state index contributed by atoms with van der Waals surface area (Å²) in [6, 6.07) is 14.6. The van der Waals surface area contributed by atoms with Crippen LogP contribution in [0.5, 0.6) is 5.75 Å². The lowest BCUT2D eigenvalue weighted by molar-refractivity contribution is -0.0498. The summed E-state index contributed by atoms with van der Waals surface area (Å²) in [5.74, 6) is -0.377. The van der Waals surface area contributed by atoms with E-state index < -0.39 is 18.1 Å². The molecule has 3 aromatic rings. The van der Waals surface area contributed by atoms with E-state index in [1.165, 1.54) is 16.8 Å². The van der Waals surface area contributed by atoms with Crippen molar-refractivity contribution in [1.82, 2.24) is 14.7 Å². The van der Waals surface area contributed by atoms with E-state index in [0.29, 0.717) is 31.1 Å². The Labute approximate surface area is 212 Å². The van der Waals surface area contributed by atoms with Gasteiger partial charge < -0.3 is 24.4 Å². The number of hydrogen-bond donors (Lipinski definition) is 1. The van der Waals surface area contributed by atoms with Crippen LogP contribution in [0.1, 0.15) is 42.9 Å². The molecule has 1 aliphatic rings. The lowest BCUT2D eigenvalue weighted by atomic mass is 10.1. The highest BCUT2D eigenvalue weighted by atomic mass is 19.3. The molecule has 0 unspecified atom stereocenters. The molecule has 37 heavy (non-hydrogen) atoms. The van der Waals surface area contributed by atoms with E-state index in [1.54, 1.807) is 41.4 Å². The van der Waals surface area contributed by atoms with Crippen molar-refractivity contribution in [1.29, 1.82) is 0 Å². The minimum atomic E-state index is -2.90. The van der Waals surface area contributed by atoms with Crippen molar-refractivity contribution in [3.63, 3.8) is 0 Å². The monoisotopic (exact) mass is 514 g/mol. The summed E-state index contributed by atoms with van der Waals surface area (Å²) < 4.78 is 41.7. The first-order valence-electron chi connectivity index (χ1n) is 11.7. The number of nitrogens with one attached hydrogen (secondary N) is 1. The molecule has 1 N–H and O–H groups in total. The lowest BCUT2D eigenvalue weighted by Crippen LogP contribution is -2.44. The van der Waals surface area contributed by atoms with Gasteiger partial charge in [-0.15, -0.1) is 0 Å². The number of halogens is 2. The zero-order valence-electron chi connectivity index (χ0n) is 20.7. The maximum Gasteiger partial charge on any atom is 0.410 e. The Morgan fingerprint density at radius 3 is 2.43 bits per heavy atom. The molecule has 11 heteroatoms. The predicted octanol–water partition coefficient (Wildman–Crippen LogP) is 5.03. The minimum absolute atomic E-state index is 0.0310. The van der Waals surface area contributed by atoms with Crippen LogP contribution < -0.4 is 10.1 Å². The van der Waals surface area contributed by atoms with Crippen molar-refractivity contribution in [3.8, 4) is 11.4 Å². The Hall–Kier alpha value is -3.99. The summed E-state index contributed by atoms with van der Waals surface area (Å²) in [4.78, 5) is 26.7. The molecule has 2 aromatic carbocycles. The molecule has 1 atom stereocenters. The fraction of sp³-hybridized carbons (Fsp3) is 0.346. The molecule has 1 aromatic heterocycles. The third kappa shape index (κ3) is 7.04. The number of ether oxygens (including phenoxy) is 3. The SMILES string of the molecule is CC(C)(C)OC(=O)N1CCO[C@@H](c2ccc(NC(=O)c3ccn(-c4ccc(OC(F)F)cc4)n3)cc2)C1. The number of alkyl halides is 2. The second kappa shape index (κ2) is 11.0. The van der Waals surface area contributed by atoms with Gasteiger partial charge in [-0.1, -0.05) is 12.1 Å². The molecule has 9 nitrogen and oxygen atoms in total. The van der Waals surface area contributed by atoms with Crippen molar-refractivity contribution >= 4 is 17.7 Å². The van der Waals surface area contributed by atoms with E-state index >= 15 is 0 Å². The number of benzene rings is 2. The Morgan fingerprint density at radius 1 is 1.08 bits per heavy atom. The molecule has 0 aliphatic carbocycles. The van der Waals surface area contributed by atoms with Gasteiger partial charge in [0.05, 0.1) is 18.8 Å². The van der Waals surface area contributed by atoms with Crippen LogP contribution >= 0.6 is 0 Å². The standard InChI is InChI=1S/C26H28F2N4O5/c1-26(2,3)37-25(34)31-14-15-35-22(16-31)17-4-6-18(7-5-17)29-23(33)21-12-13-32(30-21)19-8-10-20(11-9-19)36-24(27)28/h4-13,22,24H,14-16H2,1-3H3,(H,29,33)/t22-/m1/s1. The summed E-state index contributed by atoms with van der Waals surface area (Å²) in [5.41, 5.74) is 1.63. The van der Waals surface area contributed by atoms with Crippen molar-refractivity contribution in [2.45, 2.75) is 39.1 Å². The van der Waals surface area contributed by atoms with Crippen LogP contribution in [0, 0.1) is 0 Å². The van der Waals surface area contributed by atoms with Crippen LogP contribution in [0.25, 0.3) is 5.69 Å². The molecule has 0 radical (unpaired) electrons. The van der Waals surface area contributed by atoms with Gasteiger partial charge in [0, 0.05) is 18.4 Å². The molecule has 0 saturated carbocycles. The fourth-order valence-electron chi connectivity index (χ4n) is 3.69. The number of anilines is 1. The molecule has 1 fully saturated rings. The normalized spacial score (nSPS) is 15.9. The van der Waals surface area contributed by atoms with Gasteiger partial charge in [0.2, 0.25) is 0 Å². The Kier molecular flexibility index (Phi) is 7.72. The van der Waals surface area contributed by atoms with Crippen LogP contribution in [0.15, 0.2) is 60.8 Å². The van der Waals surface area contributed by atoms with Crippen LogP contribution in [0.2, 0.25) is 0 Å². The van der Waals surface area contributed by atoms with Gasteiger partial charge in [-0.2, -0.15) is 13.9 Å². The molecular weight excluding hydrogens is 486 g/mol. The van der Waals surface area contributed by atoms with E-state index in [4.69, 9.17) is 9.47 Å². The first-order valence-corrected chi connectivity index (χ1v) is 11.7. The number of rotatable bonds is 6. The van der Waals surface area contributed by atoms with Crippen molar-refractivity contribution in [2.24, 2.45) is 0 Å². The van der Waals surface area contributed by atoms with Gasteiger partial charge in [-0.3, -0.25) is 4.79 Å².